The van der Waals surface area contributed by atoms with Crippen molar-refractivity contribution in [3.05, 3.63) is 0 Å². The van der Waals surface area contributed by atoms with Gasteiger partial charge in [-0.25, -0.2) is 0 Å². The summed E-state index contributed by atoms with van der Waals surface area (Å²) in [5.74, 6) is 0. The van der Waals surface area contributed by atoms with Crippen molar-refractivity contribution < 1.29 is 0 Å². The lowest BCUT2D eigenvalue weighted by Gasteiger charge is -2.45. The molecule has 1 atom stereocenters. The fourth-order valence-corrected chi connectivity index (χ4v) is 3.87. The smallest absolute Gasteiger partial charge is 0.0638 e. The van der Waals surface area contributed by atoms with Crippen molar-refractivity contribution in [2.75, 3.05) is 20.1 Å². The quantitative estimate of drug-likeness (QED) is 0.753. The van der Waals surface area contributed by atoms with Gasteiger partial charge in [-0.05, 0) is 46.7 Å². The molecule has 0 aromatic rings. The third-order valence-corrected chi connectivity index (χ3v) is 4.77. The second-order valence-electron chi connectivity index (χ2n) is 6.69. The van der Waals surface area contributed by atoms with E-state index in [1.54, 1.807) is 0 Å². The summed E-state index contributed by atoms with van der Waals surface area (Å²) in [5, 5.41) is 9.13. The molecule has 1 aliphatic heterocycles. The zero-order valence-electron chi connectivity index (χ0n) is 12.2. The number of rotatable bonds is 2. The van der Waals surface area contributed by atoms with Crippen LogP contribution in [0.2, 0.25) is 0 Å². The first-order valence-electron chi connectivity index (χ1n) is 7.38. The maximum atomic E-state index is 9.13. The van der Waals surface area contributed by atoms with Crippen molar-refractivity contribution in [3.63, 3.8) is 0 Å². The fraction of sp³-hybridized carbons (Fsp3) is 0.933. The van der Waals surface area contributed by atoms with Crippen LogP contribution in [0.1, 0.15) is 52.4 Å². The standard InChI is InChI=1S/C15H27N3/c1-15(2)9-11-17(3)12-14(8-10-16)18(15)13-6-4-5-7-13/h13-14H,4-9,11-12H2,1-3H3. The van der Waals surface area contributed by atoms with Gasteiger partial charge in [0.15, 0.2) is 0 Å². The molecule has 0 aromatic heterocycles. The van der Waals surface area contributed by atoms with Crippen LogP contribution in [0.3, 0.4) is 0 Å². The van der Waals surface area contributed by atoms with Gasteiger partial charge in [-0.2, -0.15) is 5.26 Å². The number of hydrogen-bond donors (Lipinski definition) is 0. The minimum Gasteiger partial charge on any atom is -0.305 e. The van der Waals surface area contributed by atoms with Crippen molar-refractivity contribution in [1.29, 1.82) is 5.26 Å². The third-order valence-electron chi connectivity index (χ3n) is 4.77. The van der Waals surface area contributed by atoms with Crippen molar-refractivity contribution in [2.45, 2.75) is 70.0 Å². The summed E-state index contributed by atoms with van der Waals surface area (Å²) in [7, 11) is 2.19. The average Bonchev–Trinajstić information content (AvgIpc) is 2.76. The van der Waals surface area contributed by atoms with Crippen molar-refractivity contribution in [1.82, 2.24) is 9.80 Å². The van der Waals surface area contributed by atoms with Crippen LogP contribution < -0.4 is 0 Å². The highest BCUT2D eigenvalue weighted by Gasteiger charge is 2.40. The zero-order valence-corrected chi connectivity index (χ0v) is 12.2. The number of hydrogen-bond acceptors (Lipinski definition) is 3. The molecule has 1 heterocycles. The number of nitrogens with zero attached hydrogens (tertiary/aromatic N) is 3. The van der Waals surface area contributed by atoms with Crippen LogP contribution in [0.15, 0.2) is 0 Å². The molecule has 0 bridgehead atoms. The van der Waals surface area contributed by atoms with E-state index in [1.165, 1.54) is 32.1 Å². The second kappa shape index (κ2) is 5.59. The number of likely N-dealkylation sites (N-methyl/N-ethyl adjacent to an activating group) is 1. The monoisotopic (exact) mass is 249 g/mol. The molecule has 1 saturated heterocycles. The molecule has 0 amide bonds. The van der Waals surface area contributed by atoms with E-state index in [9.17, 15) is 0 Å². The molecule has 1 saturated carbocycles. The largest absolute Gasteiger partial charge is 0.305 e. The van der Waals surface area contributed by atoms with Gasteiger partial charge >= 0.3 is 0 Å². The van der Waals surface area contributed by atoms with Crippen LogP contribution in [0, 0.1) is 11.3 Å². The first-order chi connectivity index (χ1) is 8.54. The van der Waals surface area contributed by atoms with E-state index < -0.39 is 0 Å². The lowest BCUT2D eigenvalue weighted by Crippen LogP contribution is -2.54. The first kappa shape index (κ1) is 13.8. The fourth-order valence-electron chi connectivity index (χ4n) is 3.87. The van der Waals surface area contributed by atoms with Crippen molar-refractivity contribution in [2.24, 2.45) is 0 Å². The van der Waals surface area contributed by atoms with Crippen LogP contribution in [-0.4, -0.2) is 47.6 Å². The summed E-state index contributed by atoms with van der Waals surface area (Å²) in [6.07, 6.45) is 7.27. The molecule has 2 aliphatic rings. The Morgan fingerprint density at radius 3 is 2.56 bits per heavy atom. The molecule has 3 nitrogen and oxygen atoms in total. The van der Waals surface area contributed by atoms with Gasteiger partial charge in [-0.15, -0.1) is 0 Å². The molecular formula is C15H27N3. The van der Waals surface area contributed by atoms with Crippen LogP contribution in [0.25, 0.3) is 0 Å². The molecule has 0 N–H and O–H groups in total. The van der Waals surface area contributed by atoms with Crippen LogP contribution >= 0.6 is 0 Å². The average molecular weight is 249 g/mol. The molecule has 2 fully saturated rings. The topological polar surface area (TPSA) is 30.3 Å². The van der Waals surface area contributed by atoms with Gasteiger partial charge in [-0.3, -0.25) is 4.90 Å². The molecule has 1 aliphatic carbocycles. The van der Waals surface area contributed by atoms with Gasteiger partial charge in [0.2, 0.25) is 0 Å². The summed E-state index contributed by atoms with van der Waals surface area (Å²) in [6, 6.07) is 3.54. The molecular weight excluding hydrogens is 222 g/mol. The van der Waals surface area contributed by atoms with E-state index in [0.717, 1.165) is 13.1 Å². The van der Waals surface area contributed by atoms with Gasteiger partial charge in [0.25, 0.3) is 0 Å². The maximum absolute atomic E-state index is 9.13. The summed E-state index contributed by atoms with van der Waals surface area (Å²) >= 11 is 0. The van der Waals surface area contributed by atoms with Crippen molar-refractivity contribution >= 4 is 0 Å². The van der Waals surface area contributed by atoms with Crippen LogP contribution in [0.4, 0.5) is 0 Å². The zero-order chi connectivity index (χ0) is 13.2. The molecule has 0 spiro atoms. The Bertz CT molecular complexity index is 312. The molecule has 18 heavy (non-hydrogen) atoms. The minimum atomic E-state index is 0.237. The molecule has 1 unspecified atom stereocenters. The van der Waals surface area contributed by atoms with Gasteiger partial charge in [-0.1, -0.05) is 12.8 Å². The summed E-state index contributed by atoms with van der Waals surface area (Å²) in [4.78, 5) is 5.10. The summed E-state index contributed by atoms with van der Waals surface area (Å²) < 4.78 is 0. The highest BCUT2D eigenvalue weighted by Crippen LogP contribution is 2.35. The van der Waals surface area contributed by atoms with Gasteiger partial charge in [0, 0.05) is 24.2 Å². The first-order valence-corrected chi connectivity index (χ1v) is 7.38. The lowest BCUT2D eigenvalue weighted by atomic mass is 9.93. The Hall–Kier alpha value is -0.590. The highest BCUT2D eigenvalue weighted by molar-refractivity contribution is 4.99. The van der Waals surface area contributed by atoms with Gasteiger partial charge in [0.1, 0.15) is 0 Å². The van der Waals surface area contributed by atoms with E-state index >= 15 is 0 Å². The number of nitriles is 1. The van der Waals surface area contributed by atoms with E-state index in [1.807, 2.05) is 0 Å². The predicted molar refractivity (Wildman–Crippen MR) is 74.3 cm³/mol. The Balaban J connectivity index is 2.22. The molecule has 0 radical (unpaired) electrons. The summed E-state index contributed by atoms with van der Waals surface area (Å²) in [6.45, 7) is 6.94. The lowest BCUT2D eigenvalue weighted by molar-refractivity contribution is 0.0322. The predicted octanol–water partition coefficient (Wildman–Crippen LogP) is 2.63. The maximum Gasteiger partial charge on any atom is 0.0638 e. The molecule has 102 valence electrons. The Labute approximate surface area is 112 Å². The Morgan fingerprint density at radius 2 is 1.94 bits per heavy atom. The minimum absolute atomic E-state index is 0.237. The molecule has 3 heteroatoms. The Morgan fingerprint density at radius 1 is 1.28 bits per heavy atom. The molecule has 2 rings (SSSR count). The van der Waals surface area contributed by atoms with Crippen LogP contribution in [0.5, 0.6) is 0 Å². The van der Waals surface area contributed by atoms with Gasteiger partial charge < -0.3 is 4.90 Å². The van der Waals surface area contributed by atoms with Crippen molar-refractivity contribution in [3.8, 4) is 6.07 Å². The second-order valence-corrected chi connectivity index (χ2v) is 6.69. The normalized spacial score (nSPS) is 31.1. The highest BCUT2D eigenvalue weighted by atomic mass is 15.3. The van der Waals surface area contributed by atoms with Crippen LogP contribution in [-0.2, 0) is 0 Å². The SMILES string of the molecule is CN1CCC(C)(C)N(C2CCCC2)C(CC#N)C1. The third kappa shape index (κ3) is 2.87. The molecule has 0 aromatic carbocycles. The Kier molecular flexibility index (Phi) is 4.29. The van der Waals surface area contributed by atoms with E-state index in [0.29, 0.717) is 18.5 Å². The van der Waals surface area contributed by atoms with E-state index in [-0.39, 0.29) is 5.54 Å². The van der Waals surface area contributed by atoms with E-state index in [2.05, 4.69) is 36.8 Å². The summed E-state index contributed by atoms with van der Waals surface area (Å²) in [5.41, 5.74) is 0.237. The van der Waals surface area contributed by atoms with Gasteiger partial charge in [0.05, 0.1) is 12.5 Å². The van der Waals surface area contributed by atoms with E-state index in [4.69, 9.17) is 5.26 Å².